The number of rotatable bonds is 3. The Morgan fingerprint density at radius 3 is 2.94 bits per heavy atom. The summed E-state index contributed by atoms with van der Waals surface area (Å²) in [7, 11) is 0. The Bertz CT molecular complexity index is 340. The normalized spacial score (nSPS) is 21.6. The summed E-state index contributed by atoms with van der Waals surface area (Å²) in [5.74, 6) is 1.71. The molecule has 0 aliphatic carbocycles. The average Bonchev–Trinajstić information content (AvgIpc) is 2.60. The van der Waals surface area contributed by atoms with Gasteiger partial charge in [0.15, 0.2) is 0 Å². The lowest BCUT2D eigenvalue weighted by atomic mass is 10.1. The number of nitrogens with one attached hydrogen (secondary N) is 2. The van der Waals surface area contributed by atoms with Crippen LogP contribution in [0.2, 0.25) is 0 Å². The highest BCUT2D eigenvalue weighted by atomic mass is 16.5. The van der Waals surface area contributed by atoms with Crippen LogP contribution in [0.5, 0.6) is 0 Å². The first-order chi connectivity index (χ1) is 7.66. The number of hydrogen-bond donors (Lipinski definition) is 2. The number of ether oxygens (including phenoxy) is 1. The molecule has 2 rings (SSSR count). The highest BCUT2D eigenvalue weighted by Gasteiger charge is 2.21. The van der Waals surface area contributed by atoms with Crippen LogP contribution < -0.4 is 5.32 Å². The molecule has 0 saturated carbocycles. The SMILES string of the molecule is Cc1[nH]c(CC(C)C)nc1C1CNCCO1. The standard InChI is InChI=1S/C12H21N3O/c1-8(2)6-11-14-9(3)12(15-11)10-7-13-4-5-16-10/h8,10,13H,4-7H2,1-3H3,(H,14,15). The first-order valence-electron chi connectivity index (χ1n) is 6.04. The van der Waals surface area contributed by atoms with Crippen LogP contribution in [0.4, 0.5) is 0 Å². The topological polar surface area (TPSA) is 49.9 Å². The molecule has 1 saturated heterocycles. The molecule has 16 heavy (non-hydrogen) atoms. The zero-order valence-electron chi connectivity index (χ0n) is 10.3. The molecule has 1 aliphatic rings. The van der Waals surface area contributed by atoms with Crippen molar-refractivity contribution in [3.63, 3.8) is 0 Å². The van der Waals surface area contributed by atoms with Gasteiger partial charge in [-0.15, -0.1) is 0 Å². The van der Waals surface area contributed by atoms with E-state index < -0.39 is 0 Å². The van der Waals surface area contributed by atoms with Crippen LogP contribution in [-0.2, 0) is 11.2 Å². The summed E-state index contributed by atoms with van der Waals surface area (Å²) in [4.78, 5) is 8.01. The molecular formula is C12H21N3O. The third-order valence-corrected chi connectivity index (χ3v) is 2.81. The van der Waals surface area contributed by atoms with Gasteiger partial charge < -0.3 is 15.0 Å². The molecule has 0 aromatic carbocycles. The molecule has 1 unspecified atom stereocenters. The van der Waals surface area contributed by atoms with Crippen LogP contribution >= 0.6 is 0 Å². The van der Waals surface area contributed by atoms with Gasteiger partial charge in [-0.1, -0.05) is 13.8 Å². The monoisotopic (exact) mass is 223 g/mol. The minimum atomic E-state index is 0.117. The van der Waals surface area contributed by atoms with E-state index in [0.717, 1.165) is 43.3 Å². The highest BCUT2D eigenvalue weighted by molar-refractivity contribution is 5.17. The number of morpholine rings is 1. The predicted octanol–water partition coefficient (Wildman–Crippen LogP) is 1.58. The Morgan fingerprint density at radius 2 is 2.31 bits per heavy atom. The molecule has 1 aromatic rings. The molecule has 4 heteroatoms. The van der Waals surface area contributed by atoms with Gasteiger partial charge >= 0.3 is 0 Å². The summed E-state index contributed by atoms with van der Waals surface area (Å²) in [5, 5.41) is 3.33. The minimum Gasteiger partial charge on any atom is -0.369 e. The first-order valence-corrected chi connectivity index (χ1v) is 6.04. The minimum absolute atomic E-state index is 0.117. The number of H-pyrrole nitrogens is 1. The van der Waals surface area contributed by atoms with E-state index in [0.29, 0.717) is 5.92 Å². The summed E-state index contributed by atoms with van der Waals surface area (Å²) >= 11 is 0. The number of aromatic nitrogens is 2. The lowest BCUT2D eigenvalue weighted by molar-refractivity contribution is 0.0248. The summed E-state index contributed by atoms with van der Waals surface area (Å²) in [5.41, 5.74) is 2.22. The van der Waals surface area contributed by atoms with Crippen molar-refractivity contribution in [3.05, 3.63) is 17.2 Å². The maximum atomic E-state index is 5.72. The Labute approximate surface area is 96.8 Å². The fourth-order valence-corrected chi connectivity index (χ4v) is 2.08. The summed E-state index contributed by atoms with van der Waals surface area (Å²) in [6.45, 7) is 9.07. The fraction of sp³-hybridized carbons (Fsp3) is 0.750. The van der Waals surface area contributed by atoms with Crippen molar-refractivity contribution in [2.45, 2.75) is 33.3 Å². The Kier molecular flexibility index (Phi) is 3.61. The molecule has 1 fully saturated rings. The van der Waals surface area contributed by atoms with Gasteiger partial charge in [0.05, 0.1) is 12.3 Å². The maximum absolute atomic E-state index is 5.72. The van der Waals surface area contributed by atoms with Gasteiger partial charge in [0.1, 0.15) is 11.9 Å². The Hall–Kier alpha value is -0.870. The quantitative estimate of drug-likeness (QED) is 0.818. The lowest BCUT2D eigenvalue weighted by Crippen LogP contribution is -2.33. The predicted molar refractivity (Wildman–Crippen MR) is 63.4 cm³/mol. The molecule has 0 spiro atoms. The van der Waals surface area contributed by atoms with E-state index in [-0.39, 0.29) is 6.10 Å². The summed E-state index contributed by atoms with van der Waals surface area (Å²) in [6, 6.07) is 0. The smallest absolute Gasteiger partial charge is 0.114 e. The molecule has 4 nitrogen and oxygen atoms in total. The third-order valence-electron chi connectivity index (χ3n) is 2.81. The molecule has 1 atom stereocenters. The summed E-state index contributed by atoms with van der Waals surface area (Å²) < 4.78 is 5.72. The third kappa shape index (κ3) is 2.62. The van der Waals surface area contributed by atoms with Crippen molar-refractivity contribution in [2.24, 2.45) is 5.92 Å². The molecular weight excluding hydrogens is 202 g/mol. The molecule has 0 amide bonds. The van der Waals surface area contributed by atoms with Crippen LogP contribution in [0.15, 0.2) is 0 Å². The molecule has 1 aliphatic heterocycles. The second-order valence-corrected chi connectivity index (χ2v) is 4.86. The molecule has 2 heterocycles. The van der Waals surface area contributed by atoms with Crippen LogP contribution in [0.3, 0.4) is 0 Å². The van der Waals surface area contributed by atoms with Gasteiger partial charge in [0, 0.05) is 25.2 Å². The van der Waals surface area contributed by atoms with E-state index in [9.17, 15) is 0 Å². The Balaban J connectivity index is 2.10. The van der Waals surface area contributed by atoms with Gasteiger partial charge in [-0.25, -0.2) is 4.98 Å². The van der Waals surface area contributed by atoms with Gasteiger partial charge in [0.2, 0.25) is 0 Å². The first kappa shape index (κ1) is 11.6. The molecule has 2 N–H and O–H groups in total. The van der Waals surface area contributed by atoms with E-state index in [1.54, 1.807) is 0 Å². The fourth-order valence-electron chi connectivity index (χ4n) is 2.08. The second kappa shape index (κ2) is 4.97. The maximum Gasteiger partial charge on any atom is 0.114 e. The number of aryl methyl sites for hydroxylation is 1. The molecule has 90 valence electrons. The molecule has 0 bridgehead atoms. The van der Waals surface area contributed by atoms with Crippen LogP contribution in [0, 0.1) is 12.8 Å². The van der Waals surface area contributed by atoms with Crippen molar-refractivity contribution in [3.8, 4) is 0 Å². The van der Waals surface area contributed by atoms with Crippen LogP contribution in [-0.4, -0.2) is 29.7 Å². The Morgan fingerprint density at radius 1 is 1.50 bits per heavy atom. The number of nitrogens with zero attached hydrogens (tertiary/aromatic N) is 1. The average molecular weight is 223 g/mol. The van der Waals surface area contributed by atoms with Crippen LogP contribution in [0.25, 0.3) is 0 Å². The zero-order chi connectivity index (χ0) is 11.5. The molecule has 0 radical (unpaired) electrons. The van der Waals surface area contributed by atoms with Crippen molar-refractivity contribution in [2.75, 3.05) is 19.7 Å². The van der Waals surface area contributed by atoms with E-state index >= 15 is 0 Å². The van der Waals surface area contributed by atoms with Crippen molar-refractivity contribution in [1.82, 2.24) is 15.3 Å². The van der Waals surface area contributed by atoms with Gasteiger partial charge in [-0.3, -0.25) is 0 Å². The van der Waals surface area contributed by atoms with E-state index in [1.807, 2.05) is 0 Å². The van der Waals surface area contributed by atoms with E-state index in [1.165, 1.54) is 0 Å². The van der Waals surface area contributed by atoms with Gasteiger partial charge in [-0.05, 0) is 12.8 Å². The van der Waals surface area contributed by atoms with Crippen molar-refractivity contribution >= 4 is 0 Å². The van der Waals surface area contributed by atoms with E-state index in [2.05, 4.69) is 36.1 Å². The largest absolute Gasteiger partial charge is 0.369 e. The van der Waals surface area contributed by atoms with E-state index in [4.69, 9.17) is 4.74 Å². The number of aromatic amines is 1. The number of imidazole rings is 1. The summed E-state index contributed by atoms with van der Waals surface area (Å²) in [6.07, 6.45) is 1.12. The van der Waals surface area contributed by atoms with Crippen LogP contribution in [0.1, 0.15) is 37.2 Å². The second-order valence-electron chi connectivity index (χ2n) is 4.86. The van der Waals surface area contributed by atoms with Gasteiger partial charge in [0.25, 0.3) is 0 Å². The zero-order valence-corrected chi connectivity index (χ0v) is 10.3. The molecule has 1 aromatic heterocycles. The van der Waals surface area contributed by atoms with Crippen molar-refractivity contribution in [1.29, 1.82) is 0 Å². The lowest BCUT2D eigenvalue weighted by Gasteiger charge is -2.22. The van der Waals surface area contributed by atoms with Gasteiger partial charge in [-0.2, -0.15) is 0 Å². The number of hydrogen-bond acceptors (Lipinski definition) is 3. The highest BCUT2D eigenvalue weighted by Crippen LogP contribution is 2.21. The van der Waals surface area contributed by atoms with Crippen molar-refractivity contribution < 1.29 is 4.74 Å².